The average molecular weight is 605 g/mol. The second-order valence-corrected chi connectivity index (χ2v) is 10.5. The SMILES string of the molecule is CNC1=C(C(=O)O)N2C(=O)C(NC(=O)/C(=N\OCc3cc(-c4cc(=O)c(O)cn4O)no3)c3csc(N)n3)C2SC1. The normalized spacial score (nSPS) is 18.5. The summed E-state index contributed by atoms with van der Waals surface area (Å²) in [7, 11) is 1.56. The first kappa shape index (κ1) is 27.5. The van der Waals surface area contributed by atoms with Gasteiger partial charge in [-0.25, -0.2) is 9.78 Å². The van der Waals surface area contributed by atoms with Crippen molar-refractivity contribution in [2.24, 2.45) is 5.16 Å². The molecule has 19 heteroatoms. The molecule has 214 valence electrons. The first-order valence-electron chi connectivity index (χ1n) is 11.5. The third-order valence-electron chi connectivity index (χ3n) is 5.93. The Balaban J connectivity index is 1.31. The van der Waals surface area contributed by atoms with Crippen molar-refractivity contribution in [3.8, 4) is 17.1 Å². The topological polar surface area (TPSA) is 248 Å². The smallest absolute Gasteiger partial charge is 0.354 e. The molecule has 7 N–H and O–H groups in total. The summed E-state index contributed by atoms with van der Waals surface area (Å²) in [6.45, 7) is -0.342. The number of carboxylic acid groups (broad SMARTS) is 1. The minimum absolute atomic E-state index is 0.0478. The van der Waals surface area contributed by atoms with Crippen LogP contribution in [0.2, 0.25) is 0 Å². The zero-order valence-corrected chi connectivity index (χ0v) is 22.4. The highest BCUT2D eigenvalue weighted by Crippen LogP contribution is 2.39. The second-order valence-electron chi connectivity index (χ2n) is 8.46. The lowest BCUT2D eigenvalue weighted by Gasteiger charge is -2.49. The number of nitrogens with one attached hydrogen (secondary N) is 2. The van der Waals surface area contributed by atoms with E-state index in [1.165, 1.54) is 23.2 Å². The van der Waals surface area contributed by atoms with E-state index in [-0.39, 0.29) is 46.0 Å². The van der Waals surface area contributed by atoms with Crippen LogP contribution in [0.4, 0.5) is 5.13 Å². The van der Waals surface area contributed by atoms with Gasteiger partial charge in [-0.1, -0.05) is 10.3 Å². The number of thiazole rings is 1. The van der Waals surface area contributed by atoms with Crippen LogP contribution in [0, 0.1) is 0 Å². The molecule has 0 aromatic carbocycles. The number of aromatic nitrogens is 3. The molecule has 2 aliphatic rings. The van der Waals surface area contributed by atoms with Gasteiger partial charge in [0.05, 0.1) is 11.9 Å². The number of oxime groups is 1. The van der Waals surface area contributed by atoms with Crippen molar-refractivity contribution >= 4 is 51.7 Å². The van der Waals surface area contributed by atoms with Crippen molar-refractivity contribution in [3.63, 3.8) is 0 Å². The average Bonchev–Trinajstić information content (AvgIpc) is 3.59. The van der Waals surface area contributed by atoms with Gasteiger partial charge in [-0.2, -0.15) is 4.73 Å². The Morgan fingerprint density at radius 2 is 2.12 bits per heavy atom. The fourth-order valence-electron chi connectivity index (χ4n) is 3.99. The monoisotopic (exact) mass is 604 g/mol. The molecule has 0 bridgehead atoms. The molecule has 17 nitrogen and oxygen atoms in total. The van der Waals surface area contributed by atoms with E-state index in [0.717, 1.165) is 28.5 Å². The van der Waals surface area contributed by atoms with Crippen LogP contribution >= 0.6 is 23.1 Å². The van der Waals surface area contributed by atoms with Crippen LogP contribution in [0.3, 0.4) is 0 Å². The largest absolute Gasteiger partial charge is 0.503 e. The second kappa shape index (κ2) is 10.8. The number of pyridine rings is 1. The van der Waals surface area contributed by atoms with Gasteiger partial charge in [-0.3, -0.25) is 19.3 Å². The van der Waals surface area contributed by atoms with Crippen LogP contribution in [0.5, 0.6) is 5.75 Å². The third-order valence-corrected chi connectivity index (χ3v) is 7.89. The maximum atomic E-state index is 13.2. The molecule has 2 aliphatic heterocycles. The Kier molecular flexibility index (Phi) is 7.28. The van der Waals surface area contributed by atoms with Gasteiger partial charge in [-0.15, -0.1) is 23.1 Å². The van der Waals surface area contributed by atoms with E-state index >= 15 is 0 Å². The number of hydrogen-bond acceptors (Lipinski definition) is 15. The Hall–Kier alpha value is -5.04. The molecular weight excluding hydrogens is 584 g/mol. The predicted molar refractivity (Wildman–Crippen MR) is 142 cm³/mol. The molecule has 0 aliphatic carbocycles. The van der Waals surface area contributed by atoms with E-state index < -0.39 is 40.4 Å². The third kappa shape index (κ3) is 5.14. The van der Waals surface area contributed by atoms with Crippen LogP contribution in [-0.2, 0) is 25.8 Å². The molecule has 1 saturated heterocycles. The van der Waals surface area contributed by atoms with Crippen molar-refractivity contribution in [2.75, 3.05) is 18.5 Å². The maximum absolute atomic E-state index is 13.2. The Morgan fingerprint density at radius 3 is 2.80 bits per heavy atom. The number of anilines is 1. The summed E-state index contributed by atoms with van der Waals surface area (Å²) in [5.74, 6) is -2.97. The van der Waals surface area contributed by atoms with E-state index in [1.807, 2.05) is 0 Å². The number of nitrogens with zero attached hydrogens (tertiary/aromatic N) is 5. The molecule has 5 rings (SSSR count). The van der Waals surface area contributed by atoms with Crippen LogP contribution in [0.15, 0.2) is 49.6 Å². The van der Waals surface area contributed by atoms with E-state index in [9.17, 15) is 34.6 Å². The molecule has 3 aromatic rings. The fraction of sp³-hybridized carbons (Fsp3) is 0.227. The number of nitrogens with two attached hydrogens (primary N) is 1. The first-order valence-corrected chi connectivity index (χ1v) is 13.4. The van der Waals surface area contributed by atoms with Crippen LogP contribution < -0.4 is 21.8 Å². The molecule has 2 atom stereocenters. The number of carbonyl (C=O) groups excluding carboxylic acids is 2. The lowest BCUT2D eigenvalue weighted by Crippen LogP contribution is -2.71. The molecule has 0 spiro atoms. The highest BCUT2D eigenvalue weighted by Gasteiger charge is 2.54. The molecule has 1 fully saturated rings. The molecule has 0 saturated carbocycles. The van der Waals surface area contributed by atoms with E-state index in [0.29, 0.717) is 16.2 Å². The van der Waals surface area contributed by atoms with Crippen molar-refractivity contribution in [1.82, 2.24) is 30.4 Å². The van der Waals surface area contributed by atoms with Gasteiger partial charge >= 0.3 is 5.97 Å². The van der Waals surface area contributed by atoms with Gasteiger partial charge in [0.15, 0.2) is 34.7 Å². The number of amides is 2. The number of fused-ring (bicyclic) bond motifs is 1. The number of hydrogen-bond donors (Lipinski definition) is 6. The Bertz CT molecular complexity index is 1680. The summed E-state index contributed by atoms with van der Waals surface area (Å²) in [6, 6.07) is 1.26. The summed E-state index contributed by atoms with van der Waals surface area (Å²) in [4.78, 5) is 60.0. The lowest BCUT2D eigenvalue weighted by atomic mass is 10.0. The van der Waals surface area contributed by atoms with Crippen molar-refractivity contribution < 1.29 is 39.2 Å². The number of aromatic hydroxyl groups is 1. The number of β-lactam (4-membered cyclic amide) rings is 1. The molecule has 41 heavy (non-hydrogen) atoms. The fourth-order valence-corrected chi connectivity index (χ4v) is 5.89. The number of carboxylic acids is 1. The summed E-state index contributed by atoms with van der Waals surface area (Å²) in [6.07, 6.45) is 0.799. The van der Waals surface area contributed by atoms with Crippen molar-refractivity contribution in [1.29, 1.82) is 0 Å². The molecule has 0 radical (unpaired) electrons. The van der Waals surface area contributed by atoms with Gasteiger partial charge in [-0.05, 0) is 0 Å². The van der Waals surface area contributed by atoms with Crippen LogP contribution in [0.25, 0.3) is 11.4 Å². The quantitative estimate of drug-likeness (QED) is 0.0767. The first-order chi connectivity index (χ1) is 19.6. The van der Waals surface area contributed by atoms with Gasteiger partial charge in [0.25, 0.3) is 11.8 Å². The van der Waals surface area contributed by atoms with Gasteiger partial charge in [0.2, 0.25) is 5.43 Å². The Labute approximate surface area is 236 Å². The van der Waals surface area contributed by atoms with E-state index in [1.54, 1.807) is 7.05 Å². The maximum Gasteiger partial charge on any atom is 0.354 e. The number of rotatable bonds is 9. The number of carbonyl (C=O) groups is 3. The highest BCUT2D eigenvalue weighted by atomic mass is 32.2. The highest BCUT2D eigenvalue weighted by molar-refractivity contribution is 8.00. The van der Waals surface area contributed by atoms with Crippen LogP contribution in [-0.4, -0.2) is 82.9 Å². The summed E-state index contributed by atoms with van der Waals surface area (Å²) >= 11 is 2.32. The minimum Gasteiger partial charge on any atom is -0.503 e. The zero-order valence-electron chi connectivity index (χ0n) is 20.8. The van der Waals surface area contributed by atoms with Crippen LogP contribution in [0.1, 0.15) is 11.5 Å². The van der Waals surface area contributed by atoms with Gasteiger partial charge in [0.1, 0.15) is 28.5 Å². The van der Waals surface area contributed by atoms with E-state index in [2.05, 4.69) is 25.9 Å². The van der Waals surface area contributed by atoms with Gasteiger partial charge < -0.3 is 41.1 Å². The minimum atomic E-state index is -1.27. The summed E-state index contributed by atoms with van der Waals surface area (Å²) in [5, 5.41) is 42.9. The Morgan fingerprint density at radius 1 is 1.34 bits per heavy atom. The molecule has 3 aromatic heterocycles. The van der Waals surface area contributed by atoms with Gasteiger partial charge in [0, 0.05) is 30.3 Å². The number of nitrogen functional groups attached to an aromatic ring is 1. The lowest BCUT2D eigenvalue weighted by molar-refractivity contribution is -0.150. The standard InChI is InChI=1S/C22H20N8O9S2/c1-24-11-7-40-20-16(19(34)30(20)17(11)21(35)36)26-18(33)15(10-6-41-22(23)25-10)28-38-5-8-2-9(27-39-8)12-3-13(31)14(32)4-29(12)37/h2-4,6,16,20,24,32,37H,5,7H2,1H3,(H2,23,25)(H,26,33)(H,35,36)/b28-15-. The summed E-state index contributed by atoms with van der Waals surface area (Å²) < 4.78 is 5.62. The predicted octanol–water partition coefficient (Wildman–Crippen LogP) is -0.679. The van der Waals surface area contributed by atoms with Crippen molar-refractivity contribution in [2.45, 2.75) is 18.0 Å². The van der Waals surface area contributed by atoms with Crippen molar-refractivity contribution in [3.05, 3.63) is 56.8 Å². The van der Waals surface area contributed by atoms with E-state index in [4.69, 9.17) is 15.1 Å². The number of thioether (sulfide) groups is 1. The molecule has 2 unspecified atom stereocenters. The molecule has 5 heterocycles. The molecular formula is C22H20N8O9S2. The number of aliphatic carboxylic acids is 1. The molecule has 2 amide bonds. The zero-order chi connectivity index (χ0) is 29.4. The summed E-state index contributed by atoms with van der Waals surface area (Å²) in [5.41, 5.74) is 4.92.